The fourth-order valence-corrected chi connectivity index (χ4v) is 5.08. The summed E-state index contributed by atoms with van der Waals surface area (Å²) in [4.78, 5) is 18.3. The third-order valence-electron chi connectivity index (χ3n) is 6.18. The van der Waals surface area contributed by atoms with E-state index in [4.69, 9.17) is 14.5 Å². The maximum atomic E-state index is 12.6. The molecule has 0 radical (unpaired) electrons. The van der Waals surface area contributed by atoms with Crippen LogP contribution in [0, 0.1) is 13.8 Å². The molecule has 0 aromatic heterocycles. The minimum absolute atomic E-state index is 0.0169. The second kappa shape index (κ2) is 12.2. The van der Waals surface area contributed by atoms with Gasteiger partial charge in [-0.2, -0.15) is 0 Å². The van der Waals surface area contributed by atoms with Gasteiger partial charge in [0.25, 0.3) is 0 Å². The third kappa shape index (κ3) is 6.82. The number of benzene rings is 2. The quantitative estimate of drug-likeness (QED) is 0.212. The van der Waals surface area contributed by atoms with E-state index in [0.29, 0.717) is 17.9 Å². The number of ether oxygens (including phenoxy) is 2. The Balaban J connectivity index is 1.67. The van der Waals surface area contributed by atoms with Gasteiger partial charge in [-0.1, -0.05) is 28.9 Å². The van der Waals surface area contributed by atoms with Gasteiger partial charge in [-0.25, -0.2) is 4.98 Å². The molecule has 2 aliphatic rings. The maximum Gasteiger partial charge on any atom is 0.189 e. The summed E-state index contributed by atoms with van der Waals surface area (Å²) in [6, 6.07) is 5.94. The lowest BCUT2D eigenvalue weighted by molar-refractivity contribution is 0.362. The largest absolute Gasteiger partial charge is 0.494 e. The fourth-order valence-electron chi connectivity index (χ4n) is 4.03. The van der Waals surface area contributed by atoms with Crippen LogP contribution in [0.3, 0.4) is 0 Å². The van der Waals surface area contributed by atoms with E-state index in [2.05, 4.69) is 45.9 Å². The molecule has 4 nitrogen and oxygen atoms in total. The summed E-state index contributed by atoms with van der Waals surface area (Å²) in [5, 5.41) is 0. The van der Waals surface area contributed by atoms with Crippen LogP contribution in [-0.2, 0) is 0 Å². The fraction of sp³-hybridized carbons (Fsp3) is 0.400. The van der Waals surface area contributed by atoms with Crippen LogP contribution in [0.25, 0.3) is 20.8 Å². The summed E-state index contributed by atoms with van der Waals surface area (Å²) in [6.45, 7) is 12.8. The van der Waals surface area contributed by atoms with Crippen LogP contribution in [0.2, 0.25) is 0 Å². The molecular weight excluding hydrogens is 454 g/mol. The molecule has 0 spiro atoms. The Morgan fingerprint density at radius 3 is 2.34 bits per heavy atom. The normalized spacial score (nSPS) is 12.3. The van der Waals surface area contributed by atoms with Crippen LogP contribution in [0.4, 0.5) is 0 Å². The molecule has 35 heavy (non-hydrogen) atoms. The molecule has 0 atom stereocenters. The molecule has 5 heteroatoms. The number of rotatable bonds is 10. The van der Waals surface area contributed by atoms with Crippen molar-refractivity contribution in [2.45, 2.75) is 67.2 Å². The second-order valence-electron chi connectivity index (χ2n) is 9.40. The van der Waals surface area contributed by atoms with Crippen molar-refractivity contribution in [1.82, 2.24) is 4.98 Å². The summed E-state index contributed by atoms with van der Waals surface area (Å²) in [6.07, 6.45) is 11.2. The van der Waals surface area contributed by atoms with E-state index in [9.17, 15) is 4.79 Å². The van der Waals surface area contributed by atoms with Gasteiger partial charge in [-0.05, 0) is 85.4 Å². The third-order valence-corrected chi connectivity index (χ3v) is 7.44. The van der Waals surface area contributed by atoms with Gasteiger partial charge >= 0.3 is 0 Å². The first-order valence-electron chi connectivity index (χ1n) is 12.2. The molecule has 0 unspecified atom stereocenters. The van der Waals surface area contributed by atoms with Crippen molar-refractivity contribution < 1.29 is 9.47 Å². The summed E-state index contributed by atoms with van der Waals surface area (Å²) < 4.78 is 12.6. The number of fused-ring (bicyclic) bond motifs is 2. The monoisotopic (exact) mass is 491 g/mol. The molecule has 186 valence electrons. The number of hydrogen-bond donors (Lipinski definition) is 0. The first-order chi connectivity index (χ1) is 16.7. The lowest BCUT2D eigenvalue weighted by Gasteiger charge is -2.15. The van der Waals surface area contributed by atoms with Crippen LogP contribution in [0.5, 0.6) is 11.5 Å². The van der Waals surface area contributed by atoms with E-state index in [-0.39, 0.29) is 5.43 Å². The molecule has 1 aromatic carbocycles. The number of hydrogen-bond acceptors (Lipinski definition) is 5. The van der Waals surface area contributed by atoms with Gasteiger partial charge in [0, 0.05) is 17.2 Å². The van der Waals surface area contributed by atoms with Crippen LogP contribution in [-0.4, -0.2) is 18.7 Å². The van der Waals surface area contributed by atoms with Gasteiger partial charge in [0.15, 0.2) is 11.2 Å². The van der Waals surface area contributed by atoms with Gasteiger partial charge in [0.2, 0.25) is 0 Å². The van der Waals surface area contributed by atoms with Gasteiger partial charge < -0.3 is 9.47 Å². The molecule has 1 aromatic rings. The lowest BCUT2D eigenvalue weighted by Crippen LogP contribution is -2.13. The van der Waals surface area contributed by atoms with Crippen molar-refractivity contribution in [3.05, 3.63) is 74.5 Å². The Hall–Kier alpha value is -2.92. The molecule has 3 rings (SSSR count). The zero-order chi connectivity index (χ0) is 25.5. The topological polar surface area (TPSA) is 48.4 Å². The highest BCUT2D eigenvalue weighted by Crippen LogP contribution is 2.39. The molecule has 1 aliphatic carbocycles. The Morgan fingerprint density at radius 2 is 1.66 bits per heavy atom. The average Bonchev–Trinajstić information content (AvgIpc) is 2.82. The Labute approximate surface area is 213 Å². The maximum absolute atomic E-state index is 12.6. The highest BCUT2D eigenvalue weighted by Gasteiger charge is 2.21. The summed E-state index contributed by atoms with van der Waals surface area (Å²) in [5.41, 5.74) is 7.08. The molecule has 0 fully saturated rings. The minimum atomic E-state index is 0.0169. The number of methoxy groups -OCH3 is 1. The molecule has 0 amide bonds. The van der Waals surface area contributed by atoms with Crippen molar-refractivity contribution in [1.29, 1.82) is 0 Å². The minimum Gasteiger partial charge on any atom is -0.494 e. The number of aromatic nitrogens is 1. The van der Waals surface area contributed by atoms with Gasteiger partial charge in [-0.3, -0.25) is 4.79 Å². The number of nitrogens with zero attached hydrogens (tertiary/aromatic N) is 1. The van der Waals surface area contributed by atoms with E-state index in [0.717, 1.165) is 57.8 Å². The van der Waals surface area contributed by atoms with Crippen molar-refractivity contribution in [2.75, 3.05) is 13.7 Å². The van der Waals surface area contributed by atoms with Gasteiger partial charge in [-0.15, -0.1) is 11.3 Å². The highest BCUT2D eigenvalue weighted by atomic mass is 32.1. The molecule has 1 heterocycles. The van der Waals surface area contributed by atoms with Gasteiger partial charge in [0.1, 0.15) is 18.1 Å². The highest BCUT2D eigenvalue weighted by molar-refractivity contribution is 7.21. The molecule has 0 saturated heterocycles. The Kier molecular flexibility index (Phi) is 9.27. The average molecular weight is 492 g/mol. The van der Waals surface area contributed by atoms with Gasteiger partial charge in [0.05, 0.1) is 22.2 Å². The molecule has 0 N–H and O–H groups in total. The van der Waals surface area contributed by atoms with Crippen molar-refractivity contribution in [2.24, 2.45) is 0 Å². The van der Waals surface area contributed by atoms with Crippen molar-refractivity contribution in [3.63, 3.8) is 0 Å². The number of allylic oxidation sites excluding steroid dienone is 5. The Bertz CT molecular complexity index is 1310. The summed E-state index contributed by atoms with van der Waals surface area (Å²) >= 11 is 1.57. The first-order valence-corrected chi connectivity index (χ1v) is 13.0. The second-order valence-corrected chi connectivity index (χ2v) is 10.5. The predicted molar refractivity (Wildman–Crippen MR) is 149 cm³/mol. The lowest BCUT2D eigenvalue weighted by atomic mass is 10.1. The standard InChI is InChI=1S/C30H37NO3S/c1-19(2)10-8-11-20(3)12-9-13-21(4)16-17-34-24-14-15-26-25(18-24)31-27-29(33-7)22(5)28(32)23(6)30(27)35-26/h10,12,14-16,18H,8-9,11,13,17H2,1-7H3/b20-12+,21-16+. The predicted octanol–water partition coefficient (Wildman–Crippen LogP) is 8.18. The van der Waals surface area contributed by atoms with Crippen molar-refractivity contribution >= 4 is 21.6 Å². The van der Waals surface area contributed by atoms with Crippen molar-refractivity contribution in [3.8, 4) is 22.1 Å². The van der Waals surface area contributed by atoms with E-state index >= 15 is 0 Å². The van der Waals surface area contributed by atoms with E-state index in [1.807, 2.05) is 25.1 Å². The molecule has 1 aliphatic heterocycles. The molecular formula is C30H37NO3S. The summed E-state index contributed by atoms with van der Waals surface area (Å²) in [7, 11) is 1.59. The van der Waals surface area contributed by atoms with E-state index in [1.54, 1.807) is 25.4 Å². The van der Waals surface area contributed by atoms with Crippen LogP contribution < -0.4 is 14.9 Å². The Morgan fingerprint density at radius 1 is 0.971 bits per heavy atom. The van der Waals surface area contributed by atoms with Crippen LogP contribution in [0.15, 0.2) is 57.9 Å². The molecule has 0 bridgehead atoms. The smallest absolute Gasteiger partial charge is 0.189 e. The van der Waals surface area contributed by atoms with E-state index in [1.165, 1.54) is 16.7 Å². The zero-order valence-electron chi connectivity index (χ0n) is 22.1. The van der Waals surface area contributed by atoms with E-state index < -0.39 is 0 Å². The zero-order valence-corrected chi connectivity index (χ0v) is 22.9. The first kappa shape index (κ1) is 26.7. The van der Waals surface area contributed by atoms with Crippen LogP contribution >= 0.6 is 11.3 Å². The van der Waals surface area contributed by atoms with Crippen LogP contribution in [0.1, 0.15) is 64.5 Å². The SMILES string of the molecule is COc1c2nc3cc(OC/C=C(\C)CC/C=C(\C)CCC=C(C)C)ccc3sc-2c(C)c(=O)c1C. The molecule has 0 saturated carbocycles. The summed E-state index contributed by atoms with van der Waals surface area (Å²) in [5.74, 6) is 1.34.